The zero-order valence-electron chi connectivity index (χ0n) is 51.9. The van der Waals surface area contributed by atoms with Crippen LogP contribution in [0.5, 0.6) is 0 Å². The highest BCUT2D eigenvalue weighted by Crippen LogP contribution is 2.35. The largest absolute Gasteiger partial charge is 0.353 e. The van der Waals surface area contributed by atoms with E-state index in [1.165, 1.54) is 0 Å². The van der Waals surface area contributed by atoms with E-state index < -0.39 is 48.3 Å². The normalized spacial score (nSPS) is 21.7. The van der Waals surface area contributed by atoms with Gasteiger partial charge in [0.2, 0.25) is 35.4 Å². The molecule has 6 heterocycles. The van der Waals surface area contributed by atoms with Crippen LogP contribution in [-0.4, -0.2) is 138 Å². The Morgan fingerprint density at radius 2 is 0.955 bits per heavy atom. The molecule has 4 aromatic carbocycles. The Bertz CT molecular complexity index is 3090. The molecule has 6 N–H and O–H groups in total. The molecule has 0 unspecified atom stereocenters. The monoisotopic (exact) mass is 1210 g/mol. The molecule has 2 aromatic heterocycles. The average Bonchev–Trinajstić information content (AvgIpc) is 4.45. The summed E-state index contributed by atoms with van der Waals surface area (Å²) in [6, 6.07) is 32.2. The Morgan fingerprint density at radius 1 is 0.517 bits per heavy atom. The smallest absolute Gasteiger partial charge is 0.246 e. The minimum absolute atomic E-state index is 0.0340. The maximum absolute atomic E-state index is 14.3. The van der Waals surface area contributed by atoms with Gasteiger partial charge in [0.15, 0.2) is 0 Å². The van der Waals surface area contributed by atoms with Crippen LogP contribution in [-0.2, 0) is 72.6 Å². The zero-order chi connectivity index (χ0) is 62.2. The fourth-order valence-corrected chi connectivity index (χ4v) is 13.1. The Labute approximate surface area is 522 Å². The number of nitrogens with one attached hydrogen (secondary N) is 6. The highest BCUT2D eigenvalue weighted by atomic mass is 16.5. The number of aromatic nitrogens is 6. The van der Waals surface area contributed by atoms with E-state index in [-0.39, 0.29) is 60.9 Å². The number of fused-ring (bicyclic) bond motifs is 2. The van der Waals surface area contributed by atoms with Gasteiger partial charge in [-0.05, 0) is 145 Å². The third-order valence-electron chi connectivity index (χ3n) is 18.4. The first-order chi connectivity index (χ1) is 43.3. The fourth-order valence-electron chi connectivity index (χ4n) is 13.1. The summed E-state index contributed by atoms with van der Waals surface area (Å²) < 4.78 is 9.48. The molecule has 21 nitrogen and oxygen atoms in total. The highest BCUT2D eigenvalue weighted by Gasteiger charge is 2.46. The van der Waals surface area contributed by atoms with E-state index in [9.17, 15) is 28.8 Å². The van der Waals surface area contributed by atoms with Crippen LogP contribution in [0.15, 0.2) is 122 Å². The Morgan fingerprint density at radius 3 is 1.45 bits per heavy atom. The SMILES string of the molecule is CN[C@@H](C)C(=O)N[C@H]1CCCC[C@H]2CC[C@@H](C(=O)N[C@@H](c3ccccc3)c3ccc(CCCc4cn(COCc5cn(CCCc6ccc([C@@H](NC(=O)[C@@H]7CC[C@@H]8CCCC[C@H](NC(=O)[C@H](C)NC)C(=O)N87)c7ccccc7)cc6)nn5)nn4)cc3)N2C1=O. The molecule has 4 saturated heterocycles. The van der Waals surface area contributed by atoms with Crippen molar-refractivity contribution in [1.82, 2.24) is 71.7 Å². The molecule has 89 heavy (non-hydrogen) atoms. The molecule has 0 bridgehead atoms. The van der Waals surface area contributed by atoms with Crippen molar-refractivity contribution in [2.75, 3.05) is 14.1 Å². The van der Waals surface area contributed by atoms with Gasteiger partial charge in [0, 0.05) is 18.6 Å². The minimum atomic E-state index is -0.666. The molecule has 0 radical (unpaired) electrons. The van der Waals surface area contributed by atoms with Crippen molar-refractivity contribution in [3.63, 3.8) is 0 Å². The van der Waals surface area contributed by atoms with Crippen LogP contribution in [0.4, 0.5) is 0 Å². The number of rotatable bonds is 26. The second-order valence-corrected chi connectivity index (χ2v) is 24.5. The fraction of sp³-hybridized carbons (Fsp3) is 0.500. The van der Waals surface area contributed by atoms with Crippen molar-refractivity contribution in [1.29, 1.82) is 0 Å². The number of nitrogens with zero attached hydrogens (tertiary/aromatic N) is 8. The number of aryl methyl sites for hydroxylation is 4. The van der Waals surface area contributed by atoms with E-state index in [2.05, 4.69) is 101 Å². The molecule has 10 atom stereocenters. The quantitative estimate of drug-likeness (QED) is 0.0349. The molecular weight excluding hydrogens is 1120 g/mol. The molecule has 0 aliphatic carbocycles. The third kappa shape index (κ3) is 16.4. The van der Waals surface area contributed by atoms with Gasteiger partial charge in [0.1, 0.15) is 36.6 Å². The Kier molecular flexibility index (Phi) is 22.1. The number of hydrogen-bond acceptors (Lipinski definition) is 13. The summed E-state index contributed by atoms with van der Waals surface area (Å²) in [5.41, 5.74) is 7.67. The molecule has 6 amide bonds. The summed E-state index contributed by atoms with van der Waals surface area (Å²) >= 11 is 0. The number of carbonyl (C=O) groups is 6. The van der Waals surface area contributed by atoms with Gasteiger partial charge in [0.05, 0.1) is 48.9 Å². The lowest BCUT2D eigenvalue weighted by Crippen LogP contribution is -2.58. The number of carbonyl (C=O) groups excluding carboxylic acids is 6. The lowest BCUT2D eigenvalue weighted by molar-refractivity contribution is -0.144. The van der Waals surface area contributed by atoms with Gasteiger partial charge >= 0.3 is 0 Å². The first kappa shape index (κ1) is 63.9. The molecule has 21 heteroatoms. The topological polar surface area (TPSA) is 252 Å². The number of likely N-dealkylation sites (N-methyl/N-ethyl adjacent to an activating group) is 2. The van der Waals surface area contributed by atoms with Crippen molar-refractivity contribution in [2.45, 2.75) is 203 Å². The summed E-state index contributed by atoms with van der Waals surface area (Å²) in [6.07, 6.45) is 16.9. The van der Waals surface area contributed by atoms with Crippen LogP contribution in [0, 0.1) is 0 Å². The van der Waals surface area contributed by atoms with Crippen molar-refractivity contribution in [2.24, 2.45) is 0 Å². The minimum Gasteiger partial charge on any atom is -0.353 e. The summed E-state index contributed by atoms with van der Waals surface area (Å²) in [5.74, 6) is -1.18. The third-order valence-corrected chi connectivity index (χ3v) is 18.4. The lowest BCUT2D eigenvalue weighted by Gasteiger charge is -2.36. The Balaban J connectivity index is 0.661. The average molecular weight is 1210 g/mol. The summed E-state index contributed by atoms with van der Waals surface area (Å²) in [5, 5.41) is 35.9. The van der Waals surface area contributed by atoms with Crippen LogP contribution in [0.1, 0.15) is 161 Å². The summed E-state index contributed by atoms with van der Waals surface area (Å²) in [7, 11) is 3.43. The molecular formula is C68H88N14O7. The van der Waals surface area contributed by atoms with Crippen molar-refractivity contribution in [3.8, 4) is 0 Å². The maximum Gasteiger partial charge on any atom is 0.246 e. The molecule has 0 spiro atoms. The standard InChI is InChI=1S/C68H88N14O7/c1-45(69-3)63(83)71-57-26-13-11-24-55-36-38-59(81(55)67(57)87)65(85)73-61(49-19-7-5-8-20-49)51-32-28-47(29-33-51)17-15-23-53-41-80(78-75-53)44-89-43-54-42-79(77-76-54)40-16-18-48-30-34-52(35-31-48)62(50-21-9-6-10-22-50)74-66(86)60-39-37-56-25-12-14-27-58(68(88)82(56)60)72-64(84)46(2)70-4/h5-10,19-22,28-35,41-42,45-46,55-62,69-70H,11-18,23-27,36-40,43-44H2,1-4H3,(H,71,83)(H,72,84)(H,73,85)(H,74,86)/t45-,46-,55-,56-,57-,58-,59-,60-,61-,62-/m0/s1. The number of amides is 6. The van der Waals surface area contributed by atoms with Gasteiger partial charge in [-0.25, -0.2) is 4.68 Å². The van der Waals surface area contributed by atoms with Crippen LogP contribution >= 0.6 is 0 Å². The van der Waals surface area contributed by atoms with Crippen molar-refractivity contribution >= 4 is 35.4 Å². The summed E-state index contributed by atoms with van der Waals surface area (Å²) in [4.78, 5) is 86.2. The van der Waals surface area contributed by atoms with Gasteiger partial charge in [0.25, 0.3) is 0 Å². The Hall–Kier alpha value is -8.14. The second kappa shape index (κ2) is 30.9. The van der Waals surface area contributed by atoms with Gasteiger partial charge < -0.3 is 46.4 Å². The number of ether oxygens (including phenoxy) is 1. The lowest BCUT2D eigenvalue weighted by atomic mass is 9.96. The van der Waals surface area contributed by atoms with Crippen molar-refractivity contribution < 1.29 is 33.5 Å². The van der Waals surface area contributed by atoms with Gasteiger partial charge in [-0.3, -0.25) is 33.4 Å². The molecule has 10 rings (SSSR count). The molecule has 6 aromatic rings. The molecule has 0 saturated carbocycles. The van der Waals surface area contributed by atoms with Crippen LogP contribution < -0.4 is 31.9 Å². The molecule has 472 valence electrons. The predicted octanol–water partition coefficient (Wildman–Crippen LogP) is 6.32. The second-order valence-electron chi connectivity index (χ2n) is 24.5. The van der Waals surface area contributed by atoms with Crippen LogP contribution in [0.25, 0.3) is 0 Å². The number of benzene rings is 4. The summed E-state index contributed by atoms with van der Waals surface area (Å²) in [6.45, 7) is 4.68. The van der Waals surface area contributed by atoms with E-state index >= 15 is 0 Å². The maximum atomic E-state index is 14.3. The van der Waals surface area contributed by atoms with Crippen LogP contribution in [0.3, 0.4) is 0 Å². The van der Waals surface area contributed by atoms with E-state index in [4.69, 9.17) is 4.74 Å². The van der Waals surface area contributed by atoms with Crippen molar-refractivity contribution in [3.05, 3.63) is 166 Å². The van der Waals surface area contributed by atoms with E-state index in [0.29, 0.717) is 37.9 Å². The number of hydrogen-bond donors (Lipinski definition) is 6. The van der Waals surface area contributed by atoms with E-state index in [1.54, 1.807) is 42.4 Å². The van der Waals surface area contributed by atoms with E-state index in [1.807, 2.05) is 77.7 Å². The van der Waals surface area contributed by atoms with Gasteiger partial charge in [-0.1, -0.05) is 145 Å². The van der Waals surface area contributed by atoms with E-state index in [0.717, 1.165) is 123 Å². The van der Waals surface area contributed by atoms with Gasteiger partial charge in [-0.15, -0.1) is 10.2 Å². The zero-order valence-corrected chi connectivity index (χ0v) is 51.9. The molecule has 4 aliphatic rings. The molecule has 4 aliphatic heterocycles. The highest BCUT2D eigenvalue weighted by molar-refractivity contribution is 5.95. The predicted molar refractivity (Wildman–Crippen MR) is 336 cm³/mol. The first-order valence-corrected chi connectivity index (χ1v) is 32.2. The van der Waals surface area contributed by atoms with Crippen LogP contribution in [0.2, 0.25) is 0 Å². The first-order valence-electron chi connectivity index (χ1n) is 32.2. The molecule has 4 fully saturated rings. The van der Waals surface area contributed by atoms with Gasteiger partial charge in [-0.2, -0.15) is 0 Å².